The zero-order valence-corrected chi connectivity index (χ0v) is 17.3. The number of rotatable bonds is 5. The Kier molecular flexibility index (Phi) is 5.01. The lowest BCUT2D eigenvalue weighted by Gasteiger charge is -2.34. The summed E-state index contributed by atoms with van der Waals surface area (Å²) in [6, 6.07) is 18.7. The summed E-state index contributed by atoms with van der Waals surface area (Å²) in [5, 5.41) is 10.7. The number of piperazine rings is 1. The molecule has 0 bridgehead atoms. The van der Waals surface area contributed by atoms with E-state index in [2.05, 4.69) is 56.6 Å². The minimum absolute atomic E-state index is 0.00500. The number of aromatic amines is 1. The van der Waals surface area contributed by atoms with Gasteiger partial charge in [-0.25, -0.2) is 0 Å². The molecule has 154 valence electrons. The van der Waals surface area contributed by atoms with Crippen LogP contribution >= 0.6 is 0 Å². The average molecular weight is 402 g/mol. The van der Waals surface area contributed by atoms with E-state index in [1.165, 1.54) is 5.69 Å². The first-order valence-corrected chi connectivity index (χ1v) is 10.7. The maximum atomic E-state index is 12.3. The molecule has 0 spiro atoms. The SMILES string of the molecule is CN1CCN(c2ccc(-c3cc(-c4cccc(C(=O)NC5CC5)c4)n[nH]3)cc2)CC1. The summed E-state index contributed by atoms with van der Waals surface area (Å²) in [6.07, 6.45) is 2.17. The zero-order chi connectivity index (χ0) is 20.5. The predicted octanol–water partition coefficient (Wildman–Crippen LogP) is 3.39. The molecule has 1 saturated carbocycles. The van der Waals surface area contributed by atoms with Crippen molar-refractivity contribution in [3.63, 3.8) is 0 Å². The lowest BCUT2D eigenvalue weighted by molar-refractivity contribution is 0.0951. The first-order chi connectivity index (χ1) is 14.7. The summed E-state index contributed by atoms with van der Waals surface area (Å²) >= 11 is 0. The molecular weight excluding hydrogens is 374 g/mol. The molecule has 30 heavy (non-hydrogen) atoms. The number of amides is 1. The number of likely N-dealkylation sites (N-methyl/N-ethyl adjacent to an activating group) is 1. The maximum Gasteiger partial charge on any atom is 0.251 e. The van der Waals surface area contributed by atoms with Gasteiger partial charge in [0, 0.05) is 49.0 Å². The highest BCUT2D eigenvalue weighted by Crippen LogP contribution is 2.27. The standard InChI is InChI=1S/C24H27N5O/c1-28-11-13-29(14-12-28)21-9-5-17(6-10-21)22-16-23(27-26-22)18-3-2-4-19(15-18)24(30)25-20-7-8-20/h2-6,9-10,15-16,20H,7-8,11-14H2,1H3,(H,25,30)(H,26,27). The number of benzene rings is 2. The number of carbonyl (C=O) groups is 1. The molecule has 1 aromatic heterocycles. The Morgan fingerprint density at radius 2 is 1.77 bits per heavy atom. The largest absolute Gasteiger partial charge is 0.369 e. The van der Waals surface area contributed by atoms with Crippen LogP contribution in [-0.4, -0.2) is 60.3 Å². The fourth-order valence-electron chi connectivity index (χ4n) is 3.85. The van der Waals surface area contributed by atoms with Crippen molar-refractivity contribution in [2.24, 2.45) is 0 Å². The molecule has 2 fully saturated rings. The van der Waals surface area contributed by atoms with Crippen LogP contribution in [0.15, 0.2) is 54.6 Å². The third-order valence-electron chi connectivity index (χ3n) is 5.96. The van der Waals surface area contributed by atoms with Crippen LogP contribution in [0.3, 0.4) is 0 Å². The highest BCUT2D eigenvalue weighted by atomic mass is 16.1. The predicted molar refractivity (Wildman–Crippen MR) is 120 cm³/mol. The minimum atomic E-state index is -0.00500. The Balaban J connectivity index is 1.31. The number of anilines is 1. The monoisotopic (exact) mass is 401 g/mol. The zero-order valence-electron chi connectivity index (χ0n) is 17.3. The molecule has 5 rings (SSSR count). The summed E-state index contributed by atoms with van der Waals surface area (Å²) in [5.74, 6) is -0.00500. The van der Waals surface area contributed by atoms with Gasteiger partial charge in [-0.1, -0.05) is 24.3 Å². The Morgan fingerprint density at radius 1 is 1.00 bits per heavy atom. The molecule has 0 unspecified atom stereocenters. The van der Waals surface area contributed by atoms with Crippen molar-refractivity contribution in [1.29, 1.82) is 0 Å². The molecule has 1 saturated heterocycles. The van der Waals surface area contributed by atoms with Gasteiger partial charge < -0.3 is 15.1 Å². The molecule has 0 radical (unpaired) electrons. The van der Waals surface area contributed by atoms with Gasteiger partial charge in [0.2, 0.25) is 0 Å². The second-order valence-corrected chi connectivity index (χ2v) is 8.33. The Labute approximate surface area is 176 Å². The van der Waals surface area contributed by atoms with Gasteiger partial charge in [-0.05, 0) is 55.8 Å². The highest BCUT2D eigenvalue weighted by Gasteiger charge is 2.24. The van der Waals surface area contributed by atoms with Crippen LogP contribution in [0.25, 0.3) is 22.5 Å². The van der Waals surface area contributed by atoms with Crippen molar-refractivity contribution in [3.8, 4) is 22.5 Å². The van der Waals surface area contributed by atoms with E-state index in [-0.39, 0.29) is 5.91 Å². The molecule has 2 aliphatic rings. The van der Waals surface area contributed by atoms with Crippen LogP contribution in [0, 0.1) is 0 Å². The first kappa shape index (κ1) is 18.9. The number of hydrogen-bond donors (Lipinski definition) is 2. The van der Waals surface area contributed by atoms with Gasteiger partial charge in [-0.2, -0.15) is 5.10 Å². The summed E-state index contributed by atoms with van der Waals surface area (Å²) in [4.78, 5) is 17.1. The summed E-state index contributed by atoms with van der Waals surface area (Å²) < 4.78 is 0. The van der Waals surface area contributed by atoms with E-state index < -0.39 is 0 Å². The third kappa shape index (κ3) is 4.09. The van der Waals surface area contributed by atoms with Crippen molar-refractivity contribution < 1.29 is 4.79 Å². The second-order valence-electron chi connectivity index (χ2n) is 8.33. The van der Waals surface area contributed by atoms with Gasteiger partial charge in [-0.3, -0.25) is 9.89 Å². The van der Waals surface area contributed by atoms with Gasteiger partial charge >= 0.3 is 0 Å². The normalized spacial score (nSPS) is 17.2. The van der Waals surface area contributed by atoms with E-state index in [0.29, 0.717) is 11.6 Å². The molecule has 3 aromatic rings. The van der Waals surface area contributed by atoms with E-state index >= 15 is 0 Å². The molecule has 2 heterocycles. The van der Waals surface area contributed by atoms with Crippen molar-refractivity contribution in [2.45, 2.75) is 18.9 Å². The first-order valence-electron chi connectivity index (χ1n) is 10.7. The molecule has 6 heteroatoms. The van der Waals surface area contributed by atoms with Crippen molar-refractivity contribution in [2.75, 3.05) is 38.1 Å². The quantitative estimate of drug-likeness (QED) is 0.688. The third-order valence-corrected chi connectivity index (χ3v) is 5.96. The maximum absolute atomic E-state index is 12.3. The van der Waals surface area contributed by atoms with Crippen molar-refractivity contribution in [1.82, 2.24) is 20.4 Å². The topological polar surface area (TPSA) is 64.3 Å². The molecule has 6 nitrogen and oxygen atoms in total. The van der Waals surface area contributed by atoms with Crippen molar-refractivity contribution in [3.05, 3.63) is 60.2 Å². The Bertz CT molecular complexity index is 1030. The molecule has 1 amide bonds. The highest BCUT2D eigenvalue weighted by molar-refractivity contribution is 5.95. The van der Waals surface area contributed by atoms with Gasteiger partial charge in [0.1, 0.15) is 0 Å². The minimum Gasteiger partial charge on any atom is -0.369 e. The fourth-order valence-corrected chi connectivity index (χ4v) is 3.85. The summed E-state index contributed by atoms with van der Waals surface area (Å²) in [6.45, 7) is 4.33. The van der Waals surface area contributed by atoms with Crippen LogP contribution in [-0.2, 0) is 0 Å². The number of aromatic nitrogens is 2. The van der Waals surface area contributed by atoms with Crippen LogP contribution in [0.1, 0.15) is 23.2 Å². The second kappa shape index (κ2) is 7.95. The van der Waals surface area contributed by atoms with Gasteiger partial charge in [0.25, 0.3) is 5.91 Å². The number of carbonyl (C=O) groups excluding carboxylic acids is 1. The van der Waals surface area contributed by atoms with E-state index in [4.69, 9.17) is 0 Å². The van der Waals surface area contributed by atoms with Gasteiger partial charge in [0.15, 0.2) is 0 Å². The van der Waals surface area contributed by atoms with E-state index in [1.54, 1.807) is 0 Å². The average Bonchev–Trinajstić information content (AvgIpc) is 3.46. The van der Waals surface area contributed by atoms with Crippen LogP contribution in [0.4, 0.5) is 5.69 Å². The fraction of sp³-hybridized carbons (Fsp3) is 0.333. The van der Waals surface area contributed by atoms with Crippen molar-refractivity contribution >= 4 is 11.6 Å². The van der Waals surface area contributed by atoms with Gasteiger partial charge in [-0.15, -0.1) is 0 Å². The molecule has 1 aliphatic heterocycles. The molecule has 2 N–H and O–H groups in total. The summed E-state index contributed by atoms with van der Waals surface area (Å²) in [7, 11) is 2.17. The smallest absolute Gasteiger partial charge is 0.251 e. The van der Waals surface area contributed by atoms with Gasteiger partial charge in [0.05, 0.1) is 11.4 Å². The Morgan fingerprint density at radius 3 is 2.50 bits per heavy atom. The molecule has 2 aromatic carbocycles. The summed E-state index contributed by atoms with van der Waals surface area (Å²) in [5.41, 5.74) is 5.81. The number of nitrogens with one attached hydrogen (secondary N) is 2. The van der Waals surface area contributed by atoms with E-state index in [9.17, 15) is 4.79 Å². The number of nitrogens with zero attached hydrogens (tertiary/aromatic N) is 3. The van der Waals surface area contributed by atoms with Crippen LogP contribution < -0.4 is 10.2 Å². The molecule has 0 atom stereocenters. The molecule has 1 aliphatic carbocycles. The van der Waals surface area contributed by atoms with E-state index in [0.717, 1.165) is 61.5 Å². The number of hydrogen-bond acceptors (Lipinski definition) is 4. The molecular formula is C24H27N5O. The van der Waals surface area contributed by atoms with Crippen LogP contribution in [0.5, 0.6) is 0 Å². The lowest BCUT2D eigenvalue weighted by atomic mass is 10.1. The van der Waals surface area contributed by atoms with E-state index in [1.807, 2.05) is 30.3 Å². The Hall–Kier alpha value is -3.12. The lowest BCUT2D eigenvalue weighted by Crippen LogP contribution is -2.44. The number of H-pyrrole nitrogens is 1. The van der Waals surface area contributed by atoms with Crippen LogP contribution in [0.2, 0.25) is 0 Å².